The first-order valence-electron chi connectivity index (χ1n) is 6.72. The molecule has 112 valence electrons. The highest BCUT2D eigenvalue weighted by atomic mass is 32.2. The molecule has 1 amide bonds. The van der Waals surface area contributed by atoms with E-state index in [1.165, 1.54) is 11.8 Å². The third-order valence-electron chi connectivity index (χ3n) is 2.69. The first-order valence-corrected chi connectivity index (χ1v) is 7.60. The molecule has 0 bridgehead atoms. The van der Waals surface area contributed by atoms with Crippen LogP contribution >= 0.6 is 11.8 Å². The maximum absolute atomic E-state index is 12.1. The van der Waals surface area contributed by atoms with Gasteiger partial charge in [-0.1, -0.05) is 5.16 Å². The maximum Gasteiger partial charge on any atom is 0.239 e. The van der Waals surface area contributed by atoms with Gasteiger partial charge in [0.25, 0.3) is 0 Å². The summed E-state index contributed by atoms with van der Waals surface area (Å²) >= 11 is 1.47. The van der Waals surface area contributed by atoms with Crippen LogP contribution in [0.4, 0.5) is 5.88 Å². The van der Waals surface area contributed by atoms with Gasteiger partial charge in [-0.2, -0.15) is 0 Å². The van der Waals surface area contributed by atoms with Gasteiger partial charge < -0.3 is 9.26 Å². The Labute approximate surface area is 128 Å². The number of benzene rings is 1. The zero-order chi connectivity index (χ0) is 15.2. The van der Waals surface area contributed by atoms with Gasteiger partial charge in [-0.3, -0.25) is 10.1 Å². The van der Waals surface area contributed by atoms with Gasteiger partial charge in [0.1, 0.15) is 5.75 Å². The van der Waals surface area contributed by atoms with E-state index in [1.54, 1.807) is 13.0 Å². The van der Waals surface area contributed by atoms with E-state index in [1.807, 2.05) is 38.1 Å². The Balaban J connectivity index is 1.90. The number of rotatable bonds is 6. The molecule has 0 fully saturated rings. The van der Waals surface area contributed by atoms with E-state index in [0.717, 1.165) is 16.3 Å². The Bertz CT molecular complexity index is 595. The predicted octanol–water partition coefficient (Wildman–Crippen LogP) is 3.50. The molecule has 1 aromatic carbocycles. The third kappa shape index (κ3) is 4.53. The van der Waals surface area contributed by atoms with Crippen LogP contribution < -0.4 is 10.1 Å². The van der Waals surface area contributed by atoms with Crippen molar-refractivity contribution in [2.45, 2.75) is 30.9 Å². The van der Waals surface area contributed by atoms with Gasteiger partial charge in [0.15, 0.2) is 0 Å². The van der Waals surface area contributed by atoms with E-state index in [2.05, 4.69) is 10.5 Å². The Morgan fingerprint density at radius 1 is 1.43 bits per heavy atom. The van der Waals surface area contributed by atoms with Crippen molar-refractivity contribution in [1.29, 1.82) is 0 Å². The summed E-state index contributed by atoms with van der Waals surface area (Å²) < 4.78 is 10.4. The molecule has 0 saturated carbocycles. The summed E-state index contributed by atoms with van der Waals surface area (Å²) in [6.45, 7) is 6.24. The van der Waals surface area contributed by atoms with Crippen molar-refractivity contribution in [2.75, 3.05) is 11.9 Å². The zero-order valence-corrected chi connectivity index (χ0v) is 13.1. The molecule has 5 nitrogen and oxygen atoms in total. The van der Waals surface area contributed by atoms with E-state index in [9.17, 15) is 4.79 Å². The van der Waals surface area contributed by atoms with Gasteiger partial charge in [-0.25, -0.2) is 0 Å². The van der Waals surface area contributed by atoms with Crippen LogP contribution in [0.25, 0.3) is 0 Å². The Kier molecular flexibility index (Phi) is 5.27. The van der Waals surface area contributed by atoms with Crippen molar-refractivity contribution < 1.29 is 14.1 Å². The Morgan fingerprint density at radius 2 is 2.14 bits per heavy atom. The number of hydrogen-bond acceptors (Lipinski definition) is 5. The number of nitrogens with zero attached hydrogens (tertiary/aromatic N) is 1. The number of thioether (sulfide) groups is 1. The summed E-state index contributed by atoms with van der Waals surface area (Å²) in [6, 6.07) is 9.37. The molecule has 1 heterocycles. The van der Waals surface area contributed by atoms with Gasteiger partial charge >= 0.3 is 0 Å². The minimum absolute atomic E-state index is 0.120. The van der Waals surface area contributed by atoms with Crippen LogP contribution in [0.2, 0.25) is 0 Å². The lowest BCUT2D eigenvalue weighted by Gasteiger charge is -2.10. The average Bonchev–Trinajstić information content (AvgIpc) is 2.86. The van der Waals surface area contributed by atoms with E-state index in [-0.39, 0.29) is 11.2 Å². The molecule has 0 aliphatic heterocycles. The highest BCUT2D eigenvalue weighted by Gasteiger charge is 2.16. The maximum atomic E-state index is 12.1. The lowest BCUT2D eigenvalue weighted by Crippen LogP contribution is -2.22. The molecule has 1 atom stereocenters. The monoisotopic (exact) mass is 306 g/mol. The molecule has 0 saturated heterocycles. The minimum atomic E-state index is -0.242. The third-order valence-corrected chi connectivity index (χ3v) is 3.80. The van der Waals surface area contributed by atoms with Crippen molar-refractivity contribution >= 4 is 23.6 Å². The first-order chi connectivity index (χ1) is 10.1. The SMILES string of the molecule is CCOc1ccc(SC(C)C(=O)Nc2cc(C)no2)cc1. The summed E-state index contributed by atoms with van der Waals surface area (Å²) in [7, 11) is 0. The number of carbonyl (C=O) groups is 1. The fourth-order valence-electron chi connectivity index (χ4n) is 1.68. The zero-order valence-electron chi connectivity index (χ0n) is 12.3. The number of aryl methyl sites for hydroxylation is 1. The molecule has 6 heteroatoms. The number of ether oxygens (including phenoxy) is 1. The molecule has 2 rings (SSSR count). The summed E-state index contributed by atoms with van der Waals surface area (Å²) in [5.74, 6) is 1.08. The van der Waals surface area contributed by atoms with Crippen molar-refractivity contribution in [3.05, 3.63) is 36.0 Å². The van der Waals surface area contributed by atoms with Crippen molar-refractivity contribution in [1.82, 2.24) is 5.16 Å². The van der Waals surface area contributed by atoms with Gasteiger partial charge in [0.2, 0.25) is 11.8 Å². The number of aromatic nitrogens is 1. The van der Waals surface area contributed by atoms with Crippen LogP contribution in [0, 0.1) is 6.92 Å². The lowest BCUT2D eigenvalue weighted by molar-refractivity contribution is -0.115. The summed E-state index contributed by atoms with van der Waals surface area (Å²) in [6.07, 6.45) is 0. The van der Waals surface area contributed by atoms with Crippen LogP contribution in [-0.2, 0) is 4.79 Å². The average molecular weight is 306 g/mol. The standard InChI is InChI=1S/C15H18N2O3S/c1-4-19-12-5-7-13(8-6-12)21-11(3)15(18)16-14-9-10(2)17-20-14/h5-9,11H,4H2,1-3H3,(H,16,18). The summed E-state index contributed by atoms with van der Waals surface area (Å²) in [4.78, 5) is 13.1. The largest absolute Gasteiger partial charge is 0.494 e. The normalized spacial score (nSPS) is 12.0. The van der Waals surface area contributed by atoms with Crippen LogP contribution in [0.5, 0.6) is 5.75 Å². The van der Waals surface area contributed by atoms with E-state index in [0.29, 0.717) is 12.5 Å². The molecule has 0 radical (unpaired) electrons. The molecule has 1 N–H and O–H groups in total. The van der Waals surface area contributed by atoms with Gasteiger partial charge in [-0.15, -0.1) is 11.8 Å². The fraction of sp³-hybridized carbons (Fsp3) is 0.333. The summed E-state index contributed by atoms with van der Waals surface area (Å²) in [5.41, 5.74) is 0.733. The molecule has 1 aromatic heterocycles. The summed E-state index contributed by atoms with van der Waals surface area (Å²) in [5, 5.41) is 6.19. The number of amides is 1. The molecular formula is C15H18N2O3S. The van der Waals surface area contributed by atoms with Crippen molar-refractivity contribution in [2.24, 2.45) is 0 Å². The van der Waals surface area contributed by atoms with Gasteiger partial charge in [-0.05, 0) is 45.0 Å². The fourth-order valence-corrected chi connectivity index (χ4v) is 2.55. The van der Waals surface area contributed by atoms with Crippen molar-refractivity contribution in [3.8, 4) is 5.75 Å². The molecule has 1 unspecified atom stereocenters. The first kappa shape index (κ1) is 15.4. The van der Waals surface area contributed by atoms with Crippen LogP contribution in [-0.4, -0.2) is 22.9 Å². The van der Waals surface area contributed by atoms with Gasteiger partial charge in [0, 0.05) is 11.0 Å². The van der Waals surface area contributed by atoms with Gasteiger partial charge in [0.05, 0.1) is 17.6 Å². The molecule has 0 spiro atoms. The smallest absolute Gasteiger partial charge is 0.239 e. The second-order valence-corrected chi connectivity index (χ2v) is 5.90. The predicted molar refractivity (Wildman–Crippen MR) is 82.8 cm³/mol. The molecule has 0 aliphatic rings. The number of carbonyl (C=O) groups excluding carboxylic acids is 1. The van der Waals surface area contributed by atoms with E-state index < -0.39 is 0 Å². The lowest BCUT2D eigenvalue weighted by atomic mass is 10.3. The highest BCUT2D eigenvalue weighted by molar-refractivity contribution is 8.00. The highest BCUT2D eigenvalue weighted by Crippen LogP contribution is 2.26. The topological polar surface area (TPSA) is 64.4 Å². The van der Waals surface area contributed by atoms with E-state index in [4.69, 9.17) is 9.26 Å². The van der Waals surface area contributed by atoms with Crippen LogP contribution in [0.1, 0.15) is 19.5 Å². The number of hydrogen-bond donors (Lipinski definition) is 1. The number of anilines is 1. The van der Waals surface area contributed by atoms with Crippen molar-refractivity contribution in [3.63, 3.8) is 0 Å². The van der Waals surface area contributed by atoms with E-state index >= 15 is 0 Å². The second kappa shape index (κ2) is 7.17. The molecule has 2 aromatic rings. The minimum Gasteiger partial charge on any atom is -0.494 e. The molecule has 0 aliphatic carbocycles. The molecular weight excluding hydrogens is 288 g/mol. The number of nitrogens with one attached hydrogen (secondary N) is 1. The van der Waals surface area contributed by atoms with Crippen LogP contribution in [0.15, 0.2) is 39.8 Å². The molecule has 21 heavy (non-hydrogen) atoms. The Morgan fingerprint density at radius 3 is 2.71 bits per heavy atom. The quantitative estimate of drug-likeness (QED) is 0.827. The second-order valence-electron chi connectivity index (χ2n) is 4.49. The Hall–Kier alpha value is -1.95. The van der Waals surface area contributed by atoms with Crippen LogP contribution in [0.3, 0.4) is 0 Å².